The fourth-order valence-corrected chi connectivity index (χ4v) is 4.43. The van der Waals surface area contributed by atoms with Gasteiger partial charge in [-0.2, -0.15) is 0 Å². The van der Waals surface area contributed by atoms with E-state index in [0.717, 1.165) is 41.2 Å². The molecule has 2 aromatic rings. The zero-order valence-corrected chi connectivity index (χ0v) is 15.2. The van der Waals surface area contributed by atoms with E-state index in [1.807, 2.05) is 13.8 Å². The fraction of sp³-hybridized carbons (Fsp3) is 0.588. The summed E-state index contributed by atoms with van der Waals surface area (Å²) in [5.41, 5.74) is 0.694. The third kappa shape index (κ3) is 2.86. The number of aryl methyl sites for hydroxylation is 2. The van der Waals surface area contributed by atoms with Crippen molar-refractivity contribution in [1.82, 2.24) is 14.5 Å². The van der Waals surface area contributed by atoms with Gasteiger partial charge >= 0.3 is 5.97 Å². The van der Waals surface area contributed by atoms with Crippen LogP contribution in [0.2, 0.25) is 0 Å². The first-order chi connectivity index (χ1) is 11.4. The molecule has 7 heteroatoms. The van der Waals surface area contributed by atoms with Crippen molar-refractivity contribution in [1.29, 1.82) is 0 Å². The molecule has 1 fully saturated rings. The highest BCUT2D eigenvalue weighted by atomic mass is 32.1. The lowest BCUT2D eigenvalue weighted by atomic mass is 10.2. The van der Waals surface area contributed by atoms with Crippen LogP contribution in [0.25, 0.3) is 10.2 Å². The number of nitrogens with zero attached hydrogens (tertiary/aromatic N) is 3. The predicted molar refractivity (Wildman–Crippen MR) is 94.8 cm³/mol. The number of aliphatic carboxylic acids is 1. The number of carboxylic acid groups (broad SMARTS) is 1. The Morgan fingerprint density at radius 1 is 1.33 bits per heavy atom. The zero-order chi connectivity index (χ0) is 17.4. The average Bonchev–Trinajstić information content (AvgIpc) is 3.12. The minimum Gasteiger partial charge on any atom is -0.480 e. The summed E-state index contributed by atoms with van der Waals surface area (Å²) in [6.45, 7) is 8.15. The van der Waals surface area contributed by atoms with Gasteiger partial charge in [0.25, 0.3) is 5.56 Å². The lowest BCUT2D eigenvalue weighted by molar-refractivity contribution is -0.141. The Morgan fingerprint density at radius 3 is 2.58 bits per heavy atom. The average molecular weight is 349 g/mol. The molecule has 0 aromatic carbocycles. The lowest BCUT2D eigenvalue weighted by Crippen LogP contribution is -2.35. The quantitative estimate of drug-likeness (QED) is 0.898. The van der Waals surface area contributed by atoms with E-state index in [4.69, 9.17) is 4.98 Å². The molecule has 0 spiro atoms. The molecule has 0 bridgehead atoms. The third-order valence-electron chi connectivity index (χ3n) is 4.86. The summed E-state index contributed by atoms with van der Waals surface area (Å²) < 4.78 is 1.42. The Balaban J connectivity index is 2.22. The van der Waals surface area contributed by atoms with Crippen LogP contribution in [0, 0.1) is 13.8 Å². The van der Waals surface area contributed by atoms with Crippen molar-refractivity contribution in [2.75, 3.05) is 13.1 Å². The van der Waals surface area contributed by atoms with Crippen molar-refractivity contribution >= 4 is 27.5 Å². The van der Waals surface area contributed by atoms with Crippen LogP contribution in [0.4, 0.5) is 0 Å². The molecule has 1 aliphatic heterocycles. The molecule has 130 valence electrons. The number of hydrogen-bond donors (Lipinski definition) is 1. The minimum atomic E-state index is -0.979. The molecule has 0 radical (unpaired) electrons. The number of rotatable bonds is 5. The van der Waals surface area contributed by atoms with Gasteiger partial charge in [-0.05, 0) is 51.8 Å². The van der Waals surface area contributed by atoms with Gasteiger partial charge < -0.3 is 5.11 Å². The molecule has 6 nitrogen and oxygen atoms in total. The van der Waals surface area contributed by atoms with Gasteiger partial charge in [0.1, 0.15) is 16.7 Å². The Hall–Kier alpha value is -1.73. The molecular formula is C17H23N3O3S. The summed E-state index contributed by atoms with van der Waals surface area (Å²) in [4.78, 5) is 33.5. The Kier molecular flexibility index (Phi) is 4.73. The Morgan fingerprint density at radius 2 is 2.00 bits per heavy atom. The second-order valence-corrected chi connectivity index (χ2v) is 7.62. The molecule has 1 atom stereocenters. The fourth-order valence-electron chi connectivity index (χ4n) is 3.39. The molecule has 1 saturated heterocycles. The van der Waals surface area contributed by atoms with Crippen LogP contribution in [0.5, 0.6) is 0 Å². The first kappa shape index (κ1) is 17.1. The smallest absolute Gasteiger partial charge is 0.326 e. The molecule has 24 heavy (non-hydrogen) atoms. The molecule has 3 rings (SSSR count). The Labute approximate surface area is 144 Å². The maximum absolute atomic E-state index is 13.1. The number of aromatic nitrogens is 2. The number of hydrogen-bond acceptors (Lipinski definition) is 5. The number of fused-ring (bicyclic) bond motifs is 1. The molecule has 1 N–H and O–H groups in total. The highest BCUT2D eigenvalue weighted by Gasteiger charge is 2.26. The van der Waals surface area contributed by atoms with Gasteiger partial charge in [0.2, 0.25) is 0 Å². The van der Waals surface area contributed by atoms with Crippen LogP contribution in [0.3, 0.4) is 0 Å². The van der Waals surface area contributed by atoms with Crippen molar-refractivity contribution in [2.24, 2.45) is 0 Å². The number of thiophene rings is 1. The van der Waals surface area contributed by atoms with Gasteiger partial charge in [-0.1, -0.05) is 6.92 Å². The van der Waals surface area contributed by atoms with Gasteiger partial charge in [-0.15, -0.1) is 11.3 Å². The van der Waals surface area contributed by atoms with Crippen molar-refractivity contribution in [3.8, 4) is 0 Å². The summed E-state index contributed by atoms with van der Waals surface area (Å²) in [5, 5.41) is 10.2. The normalized spacial score (nSPS) is 16.8. The molecule has 3 heterocycles. The van der Waals surface area contributed by atoms with Crippen LogP contribution in [-0.2, 0) is 11.3 Å². The van der Waals surface area contributed by atoms with Crippen LogP contribution in [0.15, 0.2) is 4.79 Å². The van der Waals surface area contributed by atoms with Gasteiger partial charge in [0, 0.05) is 4.88 Å². The highest BCUT2D eigenvalue weighted by Crippen LogP contribution is 2.28. The van der Waals surface area contributed by atoms with E-state index < -0.39 is 12.0 Å². The highest BCUT2D eigenvalue weighted by molar-refractivity contribution is 7.18. The van der Waals surface area contributed by atoms with Crippen molar-refractivity contribution in [2.45, 2.75) is 52.6 Å². The largest absolute Gasteiger partial charge is 0.480 e. The number of likely N-dealkylation sites (tertiary alicyclic amines) is 1. The number of carbonyl (C=O) groups is 1. The summed E-state index contributed by atoms with van der Waals surface area (Å²) >= 11 is 1.51. The van der Waals surface area contributed by atoms with E-state index in [9.17, 15) is 14.7 Å². The first-order valence-corrected chi connectivity index (χ1v) is 9.22. The molecule has 0 saturated carbocycles. The van der Waals surface area contributed by atoms with Crippen LogP contribution in [0.1, 0.15) is 48.5 Å². The van der Waals surface area contributed by atoms with Crippen LogP contribution in [-0.4, -0.2) is 38.6 Å². The SMILES string of the molecule is CCC(C(=O)O)n1c(CN2CCCC2)nc2sc(C)c(C)c2c1=O. The van der Waals surface area contributed by atoms with Crippen LogP contribution < -0.4 is 5.56 Å². The molecule has 0 amide bonds. The Bertz CT molecular complexity index is 834. The molecular weight excluding hydrogens is 326 g/mol. The zero-order valence-electron chi connectivity index (χ0n) is 14.3. The maximum atomic E-state index is 13.1. The van der Waals surface area contributed by atoms with E-state index in [1.54, 1.807) is 6.92 Å². The van der Waals surface area contributed by atoms with Crippen molar-refractivity contribution in [3.05, 3.63) is 26.6 Å². The predicted octanol–water partition coefficient (Wildman–Crippen LogP) is 2.71. The summed E-state index contributed by atoms with van der Waals surface area (Å²) in [6.07, 6.45) is 2.64. The van der Waals surface area contributed by atoms with Crippen molar-refractivity contribution in [3.63, 3.8) is 0 Å². The van der Waals surface area contributed by atoms with Gasteiger partial charge in [0.15, 0.2) is 0 Å². The van der Waals surface area contributed by atoms with E-state index in [2.05, 4.69) is 4.90 Å². The number of carboxylic acids is 1. The second-order valence-electron chi connectivity index (χ2n) is 6.41. The topological polar surface area (TPSA) is 75.4 Å². The first-order valence-electron chi connectivity index (χ1n) is 8.40. The molecule has 0 aliphatic carbocycles. The van der Waals surface area contributed by atoms with Gasteiger partial charge in [-0.25, -0.2) is 9.78 Å². The second kappa shape index (κ2) is 6.64. The monoisotopic (exact) mass is 349 g/mol. The third-order valence-corrected chi connectivity index (χ3v) is 5.96. The molecule has 1 aliphatic rings. The lowest BCUT2D eigenvalue weighted by Gasteiger charge is -2.21. The van der Waals surface area contributed by atoms with E-state index in [0.29, 0.717) is 24.2 Å². The van der Waals surface area contributed by atoms with Gasteiger partial charge in [0.05, 0.1) is 11.9 Å². The summed E-state index contributed by atoms with van der Waals surface area (Å²) in [5.74, 6) is -0.405. The van der Waals surface area contributed by atoms with Gasteiger partial charge in [-0.3, -0.25) is 14.3 Å². The molecule has 2 aromatic heterocycles. The van der Waals surface area contributed by atoms with E-state index in [-0.39, 0.29) is 5.56 Å². The summed E-state index contributed by atoms with van der Waals surface area (Å²) in [6, 6.07) is -0.869. The maximum Gasteiger partial charge on any atom is 0.326 e. The minimum absolute atomic E-state index is 0.217. The van der Waals surface area contributed by atoms with E-state index in [1.165, 1.54) is 15.9 Å². The van der Waals surface area contributed by atoms with Crippen LogP contribution >= 0.6 is 11.3 Å². The van der Waals surface area contributed by atoms with E-state index >= 15 is 0 Å². The van der Waals surface area contributed by atoms with Crippen molar-refractivity contribution < 1.29 is 9.90 Å². The standard InChI is InChI=1S/C17H23N3O3S/c1-4-12(17(22)23)20-13(9-19-7-5-6-8-19)18-15-14(16(20)21)10(2)11(3)24-15/h12H,4-9H2,1-3H3,(H,22,23). The molecule has 1 unspecified atom stereocenters. The summed E-state index contributed by atoms with van der Waals surface area (Å²) in [7, 11) is 0.